The van der Waals surface area contributed by atoms with Gasteiger partial charge in [0, 0.05) is 26.1 Å². The van der Waals surface area contributed by atoms with Crippen molar-refractivity contribution in [1.29, 1.82) is 0 Å². The molecule has 7 nitrogen and oxygen atoms in total. The normalized spacial score (nSPS) is 20.1. The van der Waals surface area contributed by atoms with Crippen molar-refractivity contribution in [3.63, 3.8) is 0 Å². The first-order chi connectivity index (χ1) is 12.0. The first-order valence-electron chi connectivity index (χ1n) is 8.53. The van der Waals surface area contributed by atoms with Crippen molar-refractivity contribution in [1.82, 2.24) is 25.0 Å². The molecule has 132 valence electrons. The van der Waals surface area contributed by atoms with Crippen molar-refractivity contribution in [3.8, 4) is 5.69 Å². The van der Waals surface area contributed by atoms with Crippen LogP contribution < -0.4 is 5.32 Å². The van der Waals surface area contributed by atoms with Gasteiger partial charge in [0.1, 0.15) is 6.33 Å². The maximum Gasteiger partial charge on any atom is 0.291 e. The highest BCUT2D eigenvalue weighted by Gasteiger charge is 2.29. The van der Waals surface area contributed by atoms with Crippen molar-refractivity contribution >= 4 is 11.8 Å². The van der Waals surface area contributed by atoms with Crippen LogP contribution in [0.15, 0.2) is 36.7 Å². The maximum absolute atomic E-state index is 12.4. The molecule has 7 heteroatoms. The van der Waals surface area contributed by atoms with E-state index in [4.69, 9.17) is 0 Å². The van der Waals surface area contributed by atoms with Gasteiger partial charge in [-0.1, -0.05) is 24.6 Å². The fourth-order valence-electron chi connectivity index (χ4n) is 3.23. The number of nitrogens with one attached hydrogen (secondary N) is 1. The number of aromatic nitrogens is 3. The van der Waals surface area contributed by atoms with Gasteiger partial charge in [0.15, 0.2) is 0 Å². The third-order valence-corrected chi connectivity index (χ3v) is 4.52. The topological polar surface area (TPSA) is 80.1 Å². The molecule has 2 amide bonds. The average Bonchev–Trinajstić information content (AvgIpc) is 3.12. The van der Waals surface area contributed by atoms with E-state index in [9.17, 15) is 9.59 Å². The number of carbonyl (C=O) groups is 2. The number of para-hydroxylation sites is 1. The van der Waals surface area contributed by atoms with E-state index in [1.807, 2.05) is 30.3 Å². The van der Waals surface area contributed by atoms with Crippen LogP contribution in [0.1, 0.15) is 36.3 Å². The zero-order valence-electron chi connectivity index (χ0n) is 14.6. The van der Waals surface area contributed by atoms with E-state index in [-0.39, 0.29) is 29.6 Å². The van der Waals surface area contributed by atoms with E-state index >= 15 is 0 Å². The molecule has 0 saturated heterocycles. The van der Waals surface area contributed by atoms with Crippen molar-refractivity contribution < 1.29 is 9.59 Å². The summed E-state index contributed by atoms with van der Waals surface area (Å²) in [6.45, 7) is 0. The predicted molar refractivity (Wildman–Crippen MR) is 93.3 cm³/mol. The number of rotatable bonds is 4. The first kappa shape index (κ1) is 17.1. The second kappa shape index (κ2) is 7.46. The molecule has 0 spiro atoms. The van der Waals surface area contributed by atoms with Crippen LogP contribution in [-0.2, 0) is 4.79 Å². The van der Waals surface area contributed by atoms with Crippen molar-refractivity contribution in [2.45, 2.75) is 31.7 Å². The molecule has 1 aliphatic carbocycles. The molecule has 1 heterocycles. The SMILES string of the molecule is CN(C)C(=O)[C@@H]1CCC[C@@H](NC(=O)c2ncn(-c3ccccc3)n2)C1. The van der Waals surface area contributed by atoms with Gasteiger partial charge in [0.25, 0.3) is 5.91 Å². The summed E-state index contributed by atoms with van der Waals surface area (Å²) in [6, 6.07) is 9.51. The molecule has 0 unspecified atom stereocenters. The van der Waals surface area contributed by atoms with Crippen LogP contribution in [0.4, 0.5) is 0 Å². The van der Waals surface area contributed by atoms with Crippen molar-refractivity contribution in [3.05, 3.63) is 42.5 Å². The van der Waals surface area contributed by atoms with Gasteiger partial charge in [-0.25, -0.2) is 9.67 Å². The minimum Gasteiger partial charge on any atom is -0.349 e. The van der Waals surface area contributed by atoms with Crippen LogP contribution in [0, 0.1) is 5.92 Å². The molecule has 2 atom stereocenters. The molecule has 1 aromatic carbocycles. The lowest BCUT2D eigenvalue weighted by Crippen LogP contribution is -2.42. The third kappa shape index (κ3) is 4.04. The summed E-state index contributed by atoms with van der Waals surface area (Å²) in [5.74, 6) is -0.0446. The van der Waals surface area contributed by atoms with Crippen LogP contribution >= 0.6 is 0 Å². The Balaban J connectivity index is 1.62. The molecule has 25 heavy (non-hydrogen) atoms. The molecule has 1 aromatic heterocycles. The molecule has 3 rings (SSSR count). The van der Waals surface area contributed by atoms with E-state index in [0.717, 1.165) is 24.9 Å². The second-order valence-electron chi connectivity index (χ2n) is 6.61. The van der Waals surface area contributed by atoms with Crippen LogP contribution in [0.5, 0.6) is 0 Å². The number of hydrogen-bond acceptors (Lipinski definition) is 4. The van der Waals surface area contributed by atoms with Gasteiger partial charge in [-0.15, -0.1) is 5.10 Å². The van der Waals surface area contributed by atoms with Crippen molar-refractivity contribution in [2.24, 2.45) is 5.92 Å². The summed E-state index contributed by atoms with van der Waals surface area (Å²) >= 11 is 0. The number of benzene rings is 1. The van der Waals surface area contributed by atoms with Crippen LogP contribution in [0.25, 0.3) is 5.69 Å². The summed E-state index contributed by atoms with van der Waals surface area (Å²) < 4.78 is 1.58. The molecular formula is C18H23N5O2. The molecule has 0 bridgehead atoms. The van der Waals surface area contributed by atoms with Crippen LogP contribution in [-0.4, -0.2) is 51.6 Å². The maximum atomic E-state index is 12.4. The third-order valence-electron chi connectivity index (χ3n) is 4.52. The molecule has 1 N–H and O–H groups in total. The summed E-state index contributed by atoms with van der Waals surface area (Å²) in [4.78, 5) is 30.3. The van der Waals surface area contributed by atoms with E-state index in [1.165, 1.54) is 6.33 Å². The molecule has 1 saturated carbocycles. The Labute approximate surface area is 147 Å². The molecule has 1 aliphatic rings. The zero-order valence-corrected chi connectivity index (χ0v) is 14.6. The fourth-order valence-corrected chi connectivity index (χ4v) is 3.23. The molecule has 2 aromatic rings. The highest BCUT2D eigenvalue weighted by molar-refractivity contribution is 5.90. The Morgan fingerprint density at radius 3 is 2.68 bits per heavy atom. The lowest BCUT2D eigenvalue weighted by Gasteiger charge is -2.30. The fraction of sp³-hybridized carbons (Fsp3) is 0.444. The standard InChI is InChI=1S/C18H23N5O2/c1-22(2)18(25)13-7-6-8-14(11-13)20-17(24)16-19-12-23(21-16)15-9-4-3-5-10-15/h3-5,9-10,12-14H,6-8,11H2,1-2H3,(H,20,24)/t13-,14-/m1/s1. The largest absolute Gasteiger partial charge is 0.349 e. The summed E-state index contributed by atoms with van der Waals surface area (Å²) in [5.41, 5.74) is 0.850. The van der Waals surface area contributed by atoms with Crippen LogP contribution in [0.3, 0.4) is 0 Å². The van der Waals surface area contributed by atoms with Gasteiger partial charge >= 0.3 is 0 Å². The summed E-state index contributed by atoms with van der Waals surface area (Å²) in [5, 5.41) is 7.22. The zero-order chi connectivity index (χ0) is 17.8. The smallest absolute Gasteiger partial charge is 0.291 e. The van der Waals surface area contributed by atoms with Gasteiger partial charge in [-0.2, -0.15) is 0 Å². The number of nitrogens with zero attached hydrogens (tertiary/aromatic N) is 4. The lowest BCUT2D eigenvalue weighted by molar-refractivity contribution is -0.134. The second-order valence-corrected chi connectivity index (χ2v) is 6.61. The predicted octanol–water partition coefficient (Wildman–Crippen LogP) is 1.64. The monoisotopic (exact) mass is 341 g/mol. The Bertz CT molecular complexity index is 741. The molecule has 1 fully saturated rings. The minimum absolute atomic E-state index is 0.0150. The first-order valence-corrected chi connectivity index (χ1v) is 8.53. The van der Waals surface area contributed by atoms with E-state index in [0.29, 0.717) is 6.42 Å². The summed E-state index contributed by atoms with van der Waals surface area (Å²) in [6.07, 6.45) is 4.89. The number of hydrogen-bond donors (Lipinski definition) is 1. The highest BCUT2D eigenvalue weighted by atomic mass is 16.2. The molecular weight excluding hydrogens is 318 g/mol. The molecule has 0 aliphatic heterocycles. The Hall–Kier alpha value is -2.70. The van der Waals surface area contributed by atoms with Gasteiger partial charge in [-0.3, -0.25) is 9.59 Å². The highest BCUT2D eigenvalue weighted by Crippen LogP contribution is 2.25. The Morgan fingerprint density at radius 2 is 1.96 bits per heavy atom. The Morgan fingerprint density at radius 1 is 1.20 bits per heavy atom. The number of amides is 2. The van der Waals surface area contributed by atoms with Gasteiger partial charge in [0.2, 0.25) is 11.7 Å². The van der Waals surface area contributed by atoms with E-state index in [1.54, 1.807) is 23.7 Å². The lowest BCUT2D eigenvalue weighted by atomic mass is 9.85. The average molecular weight is 341 g/mol. The summed E-state index contributed by atoms with van der Waals surface area (Å²) in [7, 11) is 3.54. The quantitative estimate of drug-likeness (QED) is 0.917. The van der Waals surface area contributed by atoms with Gasteiger partial charge < -0.3 is 10.2 Å². The van der Waals surface area contributed by atoms with E-state index in [2.05, 4.69) is 15.4 Å². The number of carbonyl (C=O) groups excluding carboxylic acids is 2. The van der Waals surface area contributed by atoms with E-state index < -0.39 is 0 Å². The van der Waals surface area contributed by atoms with Crippen molar-refractivity contribution in [2.75, 3.05) is 14.1 Å². The van der Waals surface area contributed by atoms with Crippen LogP contribution in [0.2, 0.25) is 0 Å². The van der Waals surface area contributed by atoms with Gasteiger partial charge in [0.05, 0.1) is 5.69 Å². The Kier molecular flexibility index (Phi) is 5.11. The van der Waals surface area contributed by atoms with Gasteiger partial charge in [-0.05, 0) is 31.4 Å². The molecule has 0 radical (unpaired) electrons. The minimum atomic E-state index is -0.294.